The van der Waals surface area contributed by atoms with Gasteiger partial charge >= 0.3 is 0 Å². The summed E-state index contributed by atoms with van der Waals surface area (Å²) in [6.45, 7) is 0. The van der Waals surface area contributed by atoms with E-state index in [1.165, 1.54) is 0 Å². The van der Waals surface area contributed by atoms with Gasteiger partial charge in [0.2, 0.25) is 0 Å². The van der Waals surface area contributed by atoms with Crippen LogP contribution in [0.25, 0.3) is 0 Å². The summed E-state index contributed by atoms with van der Waals surface area (Å²) in [6.07, 6.45) is 0. The molecular formula is C20H20N4O4. The van der Waals surface area contributed by atoms with Crippen LogP contribution in [-0.4, -0.2) is 37.4 Å². The molecule has 0 bridgehead atoms. The van der Waals surface area contributed by atoms with Gasteiger partial charge in [-0.1, -0.05) is 0 Å². The zero-order valence-electron chi connectivity index (χ0n) is 15.7. The lowest BCUT2D eigenvalue weighted by Gasteiger charge is -2.12. The maximum atomic E-state index is 12.3. The molecule has 0 atom stereocenters. The number of rotatable bonds is 7. The molecule has 8 heteroatoms. The fourth-order valence-corrected chi connectivity index (χ4v) is 2.45. The molecule has 0 aliphatic rings. The predicted molar refractivity (Wildman–Crippen MR) is 106 cm³/mol. The third-order valence-corrected chi connectivity index (χ3v) is 3.93. The van der Waals surface area contributed by atoms with Crippen molar-refractivity contribution in [2.45, 2.75) is 0 Å². The molecule has 0 fully saturated rings. The molecule has 144 valence electrons. The van der Waals surface area contributed by atoms with Gasteiger partial charge in [-0.2, -0.15) is 0 Å². The highest BCUT2D eigenvalue weighted by Gasteiger charge is 2.09. The topological polar surface area (TPSA) is 94.6 Å². The zero-order valence-corrected chi connectivity index (χ0v) is 15.7. The number of anilines is 3. The van der Waals surface area contributed by atoms with Crippen LogP contribution in [0.5, 0.6) is 17.2 Å². The first-order valence-electron chi connectivity index (χ1n) is 8.41. The first-order chi connectivity index (χ1) is 13.6. The van der Waals surface area contributed by atoms with Crippen LogP contribution in [0.4, 0.5) is 17.3 Å². The molecule has 0 aliphatic heterocycles. The Hall–Kier alpha value is -3.81. The van der Waals surface area contributed by atoms with Crippen molar-refractivity contribution in [3.8, 4) is 17.2 Å². The van der Waals surface area contributed by atoms with E-state index in [0.717, 1.165) is 0 Å². The minimum atomic E-state index is -0.285. The minimum absolute atomic E-state index is 0.285. The van der Waals surface area contributed by atoms with Gasteiger partial charge in [0.15, 0.2) is 11.6 Å². The average molecular weight is 380 g/mol. The monoisotopic (exact) mass is 380 g/mol. The number of nitrogens with one attached hydrogen (secondary N) is 2. The first kappa shape index (κ1) is 19.0. The third kappa shape index (κ3) is 4.47. The van der Waals surface area contributed by atoms with Crippen molar-refractivity contribution in [2.24, 2.45) is 0 Å². The molecule has 0 unspecified atom stereocenters. The molecule has 3 aromatic rings. The molecule has 0 radical (unpaired) electrons. The number of amides is 1. The fraction of sp³-hybridized carbons (Fsp3) is 0.150. The number of benzene rings is 2. The van der Waals surface area contributed by atoms with Gasteiger partial charge in [0.25, 0.3) is 5.91 Å². The number of nitrogens with zero attached hydrogens (tertiary/aromatic N) is 2. The molecule has 2 N–H and O–H groups in total. The normalized spacial score (nSPS) is 10.1. The Bertz CT molecular complexity index is 943. The second-order valence-electron chi connectivity index (χ2n) is 5.68. The van der Waals surface area contributed by atoms with Gasteiger partial charge in [-0.3, -0.25) is 4.79 Å². The van der Waals surface area contributed by atoms with E-state index in [-0.39, 0.29) is 5.91 Å². The molecule has 2 aromatic carbocycles. The van der Waals surface area contributed by atoms with E-state index in [4.69, 9.17) is 14.2 Å². The maximum Gasteiger partial charge on any atom is 0.256 e. The molecule has 0 aliphatic carbocycles. The van der Waals surface area contributed by atoms with Crippen molar-refractivity contribution in [3.05, 3.63) is 60.2 Å². The summed E-state index contributed by atoms with van der Waals surface area (Å²) in [7, 11) is 4.74. The van der Waals surface area contributed by atoms with Crippen LogP contribution in [0.2, 0.25) is 0 Å². The molecule has 3 rings (SSSR count). The summed E-state index contributed by atoms with van der Waals surface area (Å²) < 4.78 is 15.6. The van der Waals surface area contributed by atoms with E-state index in [0.29, 0.717) is 40.1 Å². The molecule has 0 saturated carbocycles. The molecule has 8 nitrogen and oxygen atoms in total. The lowest BCUT2D eigenvalue weighted by molar-refractivity contribution is 0.102. The van der Waals surface area contributed by atoms with Crippen LogP contribution < -0.4 is 24.8 Å². The van der Waals surface area contributed by atoms with Gasteiger partial charge in [0.1, 0.15) is 17.2 Å². The molecule has 0 saturated heterocycles. The summed E-state index contributed by atoms with van der Waals surface area (Å²) in [5.74, 6) is 2.55. The Labute approximate surface area is 162 Å². The quantitative estimate of drug-likeness (QED) is 0.648. The van der Waals surface area contributed by atoms with Crippen molar-refractivity contribution in [3.63, 3.8) is 0 Å². The molecule has 1 amide bonds. The lowest BCUT2D eigenvalue weighted by Crippen LogP contribution is -2.13. The lowest BCUT2D eigenvalue weighted by atomic mass is 10.2. The number of carbonyl (C=O) groups is 1. The largest absolute Gasteiger partial charge is 0.497 e. The number of ether oxygens (including phenoxy) is 3. The minimum Gasteiger partial charge on any atom is -0.497 e. The van der Waals surface area contributed by atoms with Crippen molar-refractivity contribution in [1.29, 1.82) is 0 Å². The summed E-state index contributed by atoms with van der Waals surface area (Å²) in [5, 5.41) is 13.9. The van der Waals surface area contributed by atoms with Gasteiger partial charge in [-0.25, -0.2) is 0 Å². The van der Waals surface area contributed by atoms with Gasteiger partial charge in [0.05, 0.1) is 27.0 Å². The summed E-state index contributed by atoms with van der Waals surface area (Å²) in [5.41, 5.74) is 1.18. The van der Waals surface area contributed by atoms with Crippen LogP contribution in [-0.2, 0) is 0 Å². The summed E-state index contributed by atoms with van der Waals surface area (Å²) >= 11 is 0. The van der Waals surface area contributed by atoms with E-state index in [2.05, 4.69) is 20.8 Å². The van der Waals surface area contributed by atoms with Crippen LogP contribution in [0, 0.1) is 0 Å². The summed E-state index contributed by atoms with van der Waals surface area (Å²) in [6, 6.07) is 15.5. The number of carbonyl (C=O) groups excluding carboxylic acids is 1. The predicted octanol–water partition coefficient (Wildman–Crippen LogP) is 3.50. The van der Waals surface area contributed by atoms with Crippen molar-refractivity contribution in [1.82, 2.24) is 10.2 Å². The molecule has 0 spiro atoms. The average Bonchev–Trinajstić information content (AvgIpc) is 2.75. The number of aromatic nitrogens is 2. The SMILES string of the molecule is COc1ccc(C(=O)Nc2ccc(Nc3cc(OC)ccc3OC)nn2)cc1. The number of hydrogen-bond acceptors (Lipinski definition) is 7. The highest BCUT2D eigenvalue weighted by molar-refractivity contribution is 6.03. The second kappa shape index (κ2) is 8.72. The Morgan fingerprint density at radius 1 is 0.786 bits per heavy atom. The molecule has 1 heterocycles. The van der Waals surface area contributed by atoms with E-state index >= 15 is 0 Å². The molecular weight excluding hydrogens is 360 g/mol. The third-order valence-electron chi connectivity index (χ3n) is 3.93. The second-order valence-corrected chi connectivity index (χ2v) is 5.68. The maximum absolute atomic E-state index is 12.3. The van der Waals surface area contributed by atoms with E-state index in [1.54, 1.807) is 75.9 Å². The van der Waals surface area contributed by atoms with E-state index in [9.17, 15) is 4.79 Å². The Morgan fingerprint density at radius 2 is 1.43 bits per heavy atom. The smallest absolute Gasteiger partial charge is 0.256 e. The van der Waals surface area contributed by atoms with Crippen LogP contribution in [0.3, 0.4) is 0 Å². The van der Waals surface area contributed by atoms with Crippen LogP contribution in [0.15, 0.2) is 54.6 Å². The highest BCUT2D eigenvalue weighted by Crippen LogP contribution is 2.30. The van der Waals surface area contributed by atoms with Gasteiger partial charge < -0.3 is 24.8 Å². The van der Waals surface area contributed by atoms with E-state index < -0.39 is 0 Å². The van der Waals surface area contributed by atoms with Crippen molar-refractivity contribution >= 4 is 23.2 Å². The van der Waals surface area contributed by atoms with Crippen molar-refractivity contribution in [2.75, 3.05) is 32.0 Å². The Kier molecular flexibility index (Phi) is 5.91. The van der Waals surface area contributed by atoms with Gasteiger partial charge in [0, 0.05) is 11.6 Å². The van der Waals surface area contributed by atoms with Gasteiger partial charge in [-0.05, 0) is 48.5 Å². The number of methoxy groups -OCH3 is 3. The van der Waals surface area contributed by atoms with Crippen LogP contribution >= 0.6 is 0 Å². The molecule has 1 aromatic heterocycles. The van der Waals surface area contributed by atoms with Crippen LogP contribution in [0.1, 0.15) is 10.4 Å². The molecule has 28 heavy (non-hydrogen) atoms. The summed E-state index contributed by atoms with van der Waals surface area (Å²) in [4.78, 5) is 12.3. The highest BCUT2D eigenvalue weighted by atomic mass is 16.5. The van der Waals surface area contributed by atoms with Crippen molar-refractivity contribution < 1.29 is 19.0 Å². The Morgan fingerprint density at radius 3 is 2.04 bits per heavy atom. The Balaban J connectivity index is 1.69. The number of hydrogen-bond donors (Lipinski definition) is 2. The first-order valence-corrected chi connectivity index (χ1v) is 8.41. The fourth-order valence-electron chi connectivity index (χ4n) is 2.45. The van der Waals surface area contributed by atoms with E-state index in [1.807, 2.05) is 0 Å². The zero-order chi connectivity index (χ0) is 19.9. The standard InChI is InChI=1S/C20H20N4O4/c1-26-14-6-4-13(5-7-14)20(25)22-19-11-10-18(23-24-19)21-16-12-15(27-2)8-9-17(16)28-3/h4-12H,1-3H3,(H,21,23)(H,22,24,25). The van der Waals surface area contributed by atoms with Gasteiger partial charge in [-0.15, -0.1) is 10.2 Å².